The summed E-state index contributed by atoms with van der Waals surface area (Å²) in [7, 11) is 0. The zero-order chi connectivity index (χ0) is 13.8. The smallest absolute Gasteiger partial charge is 0.415 e. The quantitative estimate of drug-likeness (QED) is 0.889. The number of benzene rings is 1. The maximum atomic E-state index is 11.9. The van der Waals surface area contributed by atoms with Crippen LogP contribution in [0.5, 0.6) is 5.75 Å². The van der Waals surface area contributed by atoms with Crippen LogP contribution in [-0.4, -0.2) is 35.2 Å². The molecular formula is C14H17NO4. The van der Waals surface area contributed by atoms with Gasteiger partial charge in [-0.05, 0) is 31.9 Å². The SMILES string of the molecule is Cc1ccc(OC(=O)N2CCCC(C(=O)O)C2)cc1. The average molecular weight is 263 g/mol. The van der Waals surface area contributed by atoms with E-state index in [0.29, 0.717) is 25.1 Å². The first-order valence-electron chi connectivity index (χ1n) is 6.32. The third-order valence-electron chi connectivity index (χ3n) is 3.25. The number of hydrogen-bond donors (Lipinski definition) is 1. The Bertz CT molecular complexity index is 469. The fraction of sp³-hybridized carbons (Fsp3) is 0.429. The second-order valence-electron chi connectivity index (χ2n) is 4.80. The van der Waals surface area contributed by atoms with E-state index in [2.05, 4.69) is 0 Å². The molecule has 1 atom stereocenters. The van der Waals surface area contributed by atoms with Crippen LogP contribution in [0, 0.1) is 12.8 Å². The normalized spacial score (nSPS) is 19.0. The van der Waals surface area contributed by atoms with Crippen LogP contribution in [0.4, 0.5) is 4.79 Å². The van der Waals surface area contributed by atoms with Crippen molar-refractivity contribution in [2.24, 2.45) is 5.92 Å². The lowest BCUT2D eigenvalue weighted by molar-refractivity contribution is -0.143. The second-order valence-corrected chi connectivity index (χ2v) is 4.80. The maximum Gasteiger partial charge on any atom is 0.415 e. The van der Waals surface area contributed by atoms with Gasteiger partial charge in [0.15, 0.2) is 0 Å². The minimum Gasteiger partial charge on any atom is -0.481 e. The number of likely N-dealkylation sites (tertiary alicyclic amines) is 1. The summed E-state index contributed by atoms with van der Waals surface area (Å²) >= 11 is 0. The molecule has 1 aromatic rings. The summed E-state index contributed by atoms with van der Waals surface area (Å²) in [5.74, 6) is -0.861. The summed E-state index contributed by atoms with van der Waals surface area (Å²) in [6.45, 7) is 2.72. The highest BCUT2D eigenvalue weighted by Gasteiger charge is 2.29. The molecule has 0 aliphatic carbocycles. The molecule has 1 aromatic carbocycles. The van der Waals surface area contributed by atoms with Crippen LogP contribution in [0.25, 0.3) is 0 Å². The van der Waals surface area contributed by atoms with Gasteiger partial charge in [-0.3, -0.25) is 4.79 Å². The van der Waals surface area contributed by atoms with Gasteiger partial charge in [0.1, 0.15) is 5.75 Å². The summed E-state index contributed by atoms with van der Waals surface area (Å²) in [5.41, 5.74) is 1.09. The summed E-state index contributed by atoms with van der Waals surface area (Å²) in [5, 5.41) is 8.98. The topological polar surface area (TPSA) is 66.8 Å². The largest absolute Gasteiger partial charge is 0.481 e. The maximum absolute atomic E-state index is 11.9. The standard InChI is InChI=1S/C14H17NO4/c1-10-4-6-12(7-5-10)19-14(18)15-8-2-3-11(9-15)13(16)17/h4-7,11H,2-3,8-9H2,1H3,(H,16,17). The molecule has 1 fully saturated rings. The van der Waals surface area contributed by atoms with Crippen LogP contribution in [0.15, 0.2) is 24.3 Å². The number of hydrogen-bond acceptors (Lipinski definition) is 3. The number of carboxylic acids is 1. The lowest BCUT2D eigenvalue weighted by atomic mass is 9.99. The van der Waals surface area contributed by atoms with E-state index < -0.39 is 18.0 Å². The highest BCUT2D eigenvalue weighted by Crippen LogP contribution is 2.19. The minimum atomic E-state index is -0.854. The average Bonchev–Trinajstić information content (AvgIpc) is 2.41. The van der Waals surface area contributed by atoms with Crippen molar-refractivity contribution in [2.45, 2.75) is 19.8 Å². The first-order valence-corrected chi connectivity index (χ1v) is 6.32. The van der Waals surface area contributed by atoms with Gasteiger partial charge in [0.2, 0.25) is 0 Å². The van der Waals surface area contributed by atoms with Gasteiger partial charge in [-0.2, -0.15) is 0 Å². The summed E-state index contributed by atoms with van der Waals surface area (Å²) in [4.78, 5) is 24.3. The van der Waals surface area contributed by atoms with Gasteiger partial charge in [0.25, 0.3) is 0 Å². The Labute approximate surface area is 111 Å². The number of carbonyl (C=O) groups excluding carboxylic acids is 1. The lowest BCUT2D eigenvalue weighted by Gasteiger charge is -2.29. The molecule has 0 aromatic heterocycles. The minimum absolute atomic E-state index is 0.222. The van der Waals surface area contributed by atoms with Gasteiger partial charge >= 0.3 is 12.1 Å². The van der Waals surface area contributed by atoms with Crippen LogP contribution < -0.4 is 4.74 Å². The predicted octanol–water partition coefficient (Wildman–Crippen LogP) is 2.29. The van der Waals surface area contributed by atoms with E-state index in [1.807, 2.05) is 19.1 Å². The van der Waals surface area contributed by atoms with Gasteiger partial charge in [-0.15, -0.1) is 0 Å². The van der Waals surface area contributed by atoms with Crippen molar-refractivity contribution in [3.63, 3.8) is 0 Å². The Balaban J connectivity index is 1.96. The summed E-state index contributed by atoms with van der Waals surface area (Å²) < 4.78 is 5.23. The number of amides is 1. The monoisotopic (exact) mass is 263 g/mol. The Morgan fingerprint density at radius 3 is 2.63 bits per heavy atom. The van der Waals surface area contributed by atoms with Crippen molar-refractivity contribution in [2.75, 3.05) is 13.1 Å². The molecule has 1 heterocycles. The first kappa shape index (κ1) is 13.4. The molecule has 1 N–H and O–H groups in total. The molecule has 0 spiro atoms. The number of carbonyl (C=O) groups is 2. The van der Waals surface area contributed by atoms with Gasteiger partial charge in [-0.1, -0.05) is 17.7 Å². The lowest BCUT2D eigenvalue weighted by Crippen LogP contribution is -2.43. The number of ether oxygens (including phenoxy) is 1. The van der Waals surface area contributed by atoms with Crippen LogP contribution in [0.1, 0.15) is 18.4 Å². The summed E-state index contributed by atoms with van der Waals surface area (Å²) in [6.07, 6.45) is 0.832. The molecule has 0 saturated carbocycles. The van der Waals surface area contributed by atoms with Crippen molar-refractivity contribution in [1.29, 1.82) is 0 Å². The highest BCUT2D eigenvalue weighted by molar-refractivity contribution is 5.74. The first-order chi connectivity index (χ1) is 9.06. The van der Waals surface area contributed by atoms with Gasteiger partial charge in [-0.25, -0.2) is 4.79 Å². The van der Waals surface area contributed by atoms with Crippen LogP contribution in [0.2, 0.25) is 0 Å². The molecule has 19 heavy (non-hydrogen) atoms. The van der Waals surface area contributed by atoms with Gasteiger partial charge < -0.3 is 14.7 Å². The van der Waals surface area contributed by atoms with Crippen LogP contribution in [-0.2, 0) is 4.79 Å². The predicted molar refractivity (Wildman–Crippen MR) is 69.1 cm³/mol. The zero-order valence-corrected chi connectivity index (χ0v) is 10.8. The number of aryl methyl sites for hydroxylation is 1. The number of nitrogens with zero attached hydrogens (tertiary/aromatic N) is 1. The van der Waals surface area contributed by atoms with Crippen molar-refractivity contribution in [1.82, 2.24) is 4.90 Å². The van der Waals surface area contributed by atoms with E-state index in [1.54, 1.807) is 12.1 Å². The molecule has 2 rings (SSSR count). The van der Waals surface area contributed by atoms with E-state index in [4.69, 9.17) is 9.84 Å². The fourth-order valence-corrected chi connectivity index (χ4v) is 2.12. The number of aliphatic carboxylic acids is 1. The van der Waals surface area contributed by atoms with Crippen molar-refractivity contribution in [3.8, 4) is 5.75 Å². The Morgan fingerprint density at radius 1 is 1.32 bits per heavy atom. The van der Waals surface area contributed by atoms with Gasteiger partial charge in [0.05, 0.1) is 5.92 Å². The zero-order valence-electron chi connectivity index (χ0n) is 10.8. The van der Waals surface area contributed by atoms with E-state index in [0.717, 1.165) is 5.56 Å². The number of carboxylic acid groups (broad SMARTS) is 1. The van der Waals surface area contributed by atoms with Gasteiger partial charge in [0, 0.05) is 13.1 Å². The molecule has 5 nitrogen and oxygen atoms in total. The Hall–Kier alpha value is -2.04. The Morgan fingerprint density at radius 2 is 2.00 bits per heavy atom. The van der Waals surface area contributed by atoms with Crippen molar-refractivity contribution < 1.29 is 19.4 Å². The molecule has 5 heteroatoms. The van der Waals surface area contributed by atoms with Crippen LogP contribution >= 0.6 is 0 Å². The van der Waals surface area contributed by atoms with E-state index >= 15 is 0 Å². The molecule has 102 valence electrons. The van der Waals surface area contributed by atoms with Crippen molar-refractivity contribution in [3.05, 3.63) is 29.8 Å². The van der Waals surface area contributed by atoms with E-state index in [9.17, 15) is 9.59 Å². The van der Waals surface area contributed by atoms with Crippen LogP contribution in [0.3, 0.4) is 0 Å². The second kappa shape index (κ2) is 5.73. The van der Waals surface area contributed by atoms with Crippen molar-refractivity contribution >= 4 is 12.1 Å². The number of rotatable bonds is 2. The summed E-state index contributed by atoms with van der Waals surface area (Å²) in [6, 6.07) is 7.18. The highest BCUT2D eigenvalue weighted by atomic mass is 16.6. The third kappa shape index (κ3) is 3.47. The molecule has 0 bridgehead atoms. The van der Waals surface area contributed by atoms with E-state index in [1.165, 1.54) is 4.90 Å². The molecule has 1 amide bonds. The Kier molecular flexibility index (Phi) is 4.04. The molecule has 1 unspecified atom stereocenters. The fourth-order valence-electron chi connectivity index (χ4n) is 2.12. The molecule has 1 aliphatic rings. The molecule has 0 radical (unpaired) electrons. The number of piperidine rings is 1. The van der Waals surface area contributed by atoms with E-state index in [-0.39, 0.29) is 6.54 Å². The molecule has 1 aliphatic heterocycles. The molecular weight excluding hydrogens is 246 g/mol. The molecule has 1 saturated heterocycles. The third-order valence-corrected chi connectivity index (χ3v) is 3.25.